The summed E-state index contributed by atoms with van der Waals surface area (Å²) in [6.07, 6.45) is 3.92. The number of aromatic nitrogens is 2. The molecule has 0 saturated carbocycles. The van der Waals surface area contributed by atoms with Crippen LogP contribution in [0, 0.1) is 11.3 Å². The van der Waals surface area contributed by atoms with Crippen molar-refractivity contribution in [1.29, 1.82) is 5.26 Å². The van der Waals surface area contributed by atoms with Crippen molar-refractivity contribution >= 4 is 51.3 Å². The molecule has 1 atom stereocenters. The molecule has 0 unspecified atom stereocenters. The first-order valence-corrected chi connectivity index (χ1v) is 16.1. The Bertz CT molecular complexity index is 2320. The highest BCUT2D eigenvalue weighted by molar-refractivity contribution is 7.10. The molecule has 0 fully saturated rings. The van der Waals surface area contributed by atoms with Crippen LogP contribution in [0.25, 0.3) is 22.7 Å². The highest BCUT2D eigenvalue weighted by Gasteiger charge is 2.35. The van der Waals surface area contributed by atoms with Crippen molar-refractivity contribution < 1.29 is 9.53 Å². The predicted octanol–water partition coefficient (Wildman–Crippen LogP) is 5.87. The summed E-state index contributed by atoms with van der Waals surface area (Å²) in [6, 6.07) is 30.6. The predicted molar refractivity (Wildman–Crippen MR) is 178 cm³/mol. The van der Waals surface area contributed by atoms with Gasteiger partial charge in [-0.25, -0.2) is 9.79 Å². The summed E-state index contributed by atoms with van der Waals surface area (Å²) < 4.78 is 9.78. The van der Waals surface area contributed by atoms with Crippen molar-refractivity contribution in [2.45, 2.75) is 19.5 Å². The van der Waals surface area contributed by atoms with Crippen LogP contribution in [0.3, 0.4) is 0 Å². The number of nitriles is 1. The maximum atomic E-state index is 14.3. The third-order valence-electron chi connectivity index (χ3n) is 7.77. The summed E-state index contributed by atoms with van der Waals surface area (Å²) >= 11 is 2.79. The zero-order valence-corrected chi connectivity index (χ0v) is 25.8. The lowest BCUT2D eigenvalue weighted by Crippen LogP contribution is -2.39. The molecular weight excluding hydrogens is 601 g/mol. The van der Waals surface area contributed by atoms with Crippen molar-refractivity contribution in [1.82, 2.24) is 9.13 Å². The Hall–Kier alpha value is -5.30. The number of fused-ring (bicyclic) bond motifs is 2. The fourth-order valence-electron chi connectivity index (χ4n) is 5.77. The summed E-state index contributed by atoms with van der Waals surface area (Å²) in [5.74, 6) is -0.492. The molecule has 7 nitrogen and oxygen atoms in total. The molecule has 9 heteroatoms. The van der Waals surface area contributed by atoms with Crippen LogP contribution >= 0.6 is 22.7 Å². The molecule has 1 aliphatic rings. The van der Waals surface area contributed by atoms with E-state index in [0.29, 0.717) is 32.7 Å². The summed E-state index contributed by atoms with van der Waals surface area (Å²) in [4.78, 5) is 34.2. The second kappa shape index (κ2) is 12.0. The van der Waals surface area contributed by atoms with E-state index in [1.165, 1.54) is 22.7 Å². The molecule has 0 N–H and O–H groups in total. The lowest BCUT2D eigenvalue weighted by atomic mass is 9.97. The summed E-state index contributed by atoms with van der Waals surface area (Å²) in [5, 5.41) is 12.6. The molecule has 3 aromatic carbocycles. The van der Waals surface area contributed by atoms with Gasteiger partial charge in [0.15, 0.2) is 4.80 Å². The van der Waals surface area contributed by atoms with Crippen LogP contribution in [-0.2, 0) is 16.1 Å². The van der Waals surface area contributed by atoms with Crippen molar-refractivity contribution in [3.63, 3.8) is 0 Å². The van der Waals surface area contributed by atoms with Gasteiger partial charge < -0.3 is 9.30 Å². The molecule has 0 saturated heterocycles. The third-order valence-corrected chi connectivity index (χ3v) is 9.68. The van der Waals surface area contributed by atoms with E-state index in [2.05, 4.69) is 10.6 Å². The first-order valence-electron chi connectivity index (χ1n) is 14.4. The number of ether oxygens (including phenoxy) is 1. The molecule has 0 spiro atoms. The number of thiophene rings is 1. The number of benzene rings is 3. The number of carbonyl (C=O) groups is 1. The van der Waals surface area contributed by atoms with Gasteiger partial charge in [0.1, 0.15) is 6.04 Å². The van der Waals surface area contributed by atoms with Gasteiger partial charge in [0.25, 0.3) is 5.56 Å². The highest BCUT2D eigenvalue weighted by Crippen LogP contribution is 2.37. The second-order valence-electron chi connectivity index (χ2n) is 10.4. The van der Waals surface area contributed by atoms with E-state index >= 15 is 0 Å². The summed E-state index contributed by atoms with van der Waals surface area (Å²) in [6.45, 7) is 2.49. The number of hydrogen-bond donors (Lipinski definition) is 0. The molecule has 220 valence electrons. The minimum absolute atomic E-state index is 0.203. The van der Waals surface area contributed by atoms with Crippen molar-refractivity contribution in [3.05, 3.63) is 155 Å². The largest absolute Gasteiger partial charge is 0.463 e. The first kappa shape index (κ1) is 28.5. The Morgan fingerprint density at radius 3 is 2.58 bits per heavy atom. The van der Waals surface area contributed by atoms with E-state index in [4.69, 9.17) is 9.73 Å². The molecular formula is C36H26N4O3S2. The number of hydrogen-bond acceptors (Lipinski definition) is 7. The van der Waals surface area contributed by atoms with Gasteiger partial charge in [-0.1, -0.05) is 84.1 Å². The van der Waals surface area contributed by atoms with Crippen LogP contribution in [0.2, 0.25) is 0 Å². The maximum Gasteiger partial charge on any atom is 0.338 e. The van der Waals surface area contributed by atoms with E-state index in [0.717, 1.165) is 32.5 Å². The molecule has 0 radical (unpaired) electrons. The van der Waals surface area contributed by atoms with Gasteiger partial charge in [-0.15, -0.1) is 11.3 Å². The molecule has 3 aromatic heterocycles. The average Bonchev–Trinajstić information content (AvgIpc) is 3.80. The van der Waals surface area contributed by atoms with Crippen LogP contribution in [0.4, 0.5) is 0 Å². The Morgan fingerprint density at radius 1 is 1.02 bits per heavy atom. The highest BCUT2D eigenvalue weighted by atomic mass is 32.1. The number of esters is 1. The molecule has 0 bridgehead atoms. The lowest BCUT2D eigenvalue weighted by molar-refractivity contribution is -0.138. The van der Waals surface area contributed by atoms with Gasteiger partial charge >= 0.3 is 5.97 Å². The molecule has 1 aliphatic heterocycles. The van der Waals surface area contributed by atoms with Gasteiger partial charge in [-0.3, -0.25) is 9.36 Å². The van der Waals surface area contributed by atoms with Crippen LogP contribution < -0.4 is 14.9 Å². The van der Waals surface area contributed by atoms with Crippen LogP contribution in [0.5, 0.6) is 0 Å². The SMILES string of the molecule is CCOC(=O)C1=C(c2ccccc2)N=c2s/c(=C/c3cn(Cc4ccccc4C#N)c4ccccc34)c(=O)n2[C@@H]1c1cccs1. The molecule has 6 aromatic rings. The minimum Gasteiger partial charge on any atom is -0.463 e. The van der Waals surface area contributed by atoms with E-state index in [-0.39, 0.29) is 12.2 Å². The molecule has 4 heterocycles. The van der Waals surface area contributed by atoms with E-state index in [1.807, 2.05) is 109 Å². The molecule has 0 amide bonds. The Kier molecular flexibility index (Phi) is 7.59. The number of para-hydroxylation sites is 1. The lowest BCUT2D eigenvalue weighted by Gasteiger charge is -2.24. The normalized spacial score (nSPS) is 14.7. The zero-order valence-electron chi connectivity index (χ0n) is 24.2. The minimum atomic E-state index is -0.679. The number of thiazole rings is 1. The summed E-state index contributed by atoms with van der Waals surface area (Å²) in [7, 11) is 0. The Balaban J connectivity index is 1.43. The fraction of sp³-hybridized carbons (Fsp3) is 0.111. The topological polar surface area (TPSA) is 89.4 Å². The second-order valence-corrected chi connectivity index (χ2v) is 12.4. The number of nitrogens with zero attached hydrogens (tertiary/aromatic N) is 4. The van der Waals surface area contributed by atoms with Gasteiger partial charge in [0.2, 0.25) is 0 Å². The standard InChI is InChI=1S/C36H26N4O3S2/c1-2-43-35(42)31-32(23-11-4-3-5-12-23)38-36-40(33(31)29-17-10-18-44-29)34(41)30(45-36)19-26-22-39(28-16-9-8-15-27(26)28)21-25-14-7-6-13-24(25)20-37/h3-19,22,33H,2,21H2,1H3/b30-19+/t33-/m1/s1. The molecule has 0 aliphatic carbocycles. The van der Waals surface area contributed by atoms with E-state index < -0.39 is 12.0 Å². The number of carbonyl (C=O) groups excluding carboxylic acids is 1. The van der Waals surface area contributed by atoms with Crippen LogP contribution in [-0.4, -0.2) is 21.7 Å². The van der Waals surface area contributed by atoms with Crippen LogP contribution in [0.15, 0.2) is 118 Å². The molecule has 7 rings (SSSR count). The van der Waals surface area contributed by atoms with Crippen molar-refractivity contribution in [3.8, 4) is 6.07 Å². The smallest absolute Gasteiger partial charge is 0.338 e. The quantitative estimate of drug-likeness (QED) is 0.207. The van der Waals surface area contributed by atoms with Crippen molar-refractivity contribution in [2.24, 2.45) is 4.99 Å². The van der Waals surface area contributed by atoms with E-state index in [9.17, 15) is 14.9 Å². The van der Waals surface area contributed by atoms with Gasteiger partial charge in [0.05, 0.1) is 34.0 Å². The monoisotopic (exact) mass is 626 g/mol. The van der Waals surface area contributed by atoms with Crippen LogP contribution in [0.1, 0.15) is 40.1 Å². The maximum absolute atomic E-state index is 14.3. The zero-order chi connectivity index (χ0) is 30.9. The Morgan fingerprint density at radius 2 is 1.80 bits per heavy atom. The van der Waals surface area contributed by atoms with Gasteiger partial charge in [-0.05, 0) is 42.1 Å². The van der Waals surface area contributed by atoms with Crippen molar-refractivity contribution in [2.75, 3.05) is 6.61 Å². The molecule has 45 heavy (non-hydrogen) atoms. The summed E-state index contributed by atoms with van der Waals surface area (Å²) in [5.41, 5.74) is 4.83. The number of rotatable bonds is 7. The first-order chi connectivity index (χ1) is 22.1. The Labute approximate surface area is 266 Å². The average molecular weight is 627 g/mol. The van der Waals surface area contributed by atoms with E-state index in [1.54, 1.807) is 11.5 Å². The van der Waals surface area contributed by atoms with Gasteiger partial charge in [0, 0.05) is 39.6 Å². The van der Waals surface area contributed by atoms with Gasteiger partial charge in [-0.2, -0.15) is 5.26 Å². The third kappa shape index (κ3) is 5.14. The fourth-order valence-corrected chi connectivity index (χ4v) is 7.58.